The van der Waals surface area contributed by atoms with E-state index in [0.717, 1.165) is 50.0 Å². The van der Waals surface area contributed by atoms with Crippen molar-refractivity contribution in [3.8, 4) is 0 Å². The minimum absolute atomic E-state index is 0. The lowest BCUT2D eigenvalue weighted by Crippen LogP contribution is -2.56. The average molecular weight is 508 g/mol. The molecule has 164 valence electrons. The monoisotopic (exact) mass is 507 g/mol. The van der Waals surface area contributed by atoms with Crippen LogP contribution in [0.25, 0.3) is 0 Å². The molecule has 2 aliphatic rings. The van der Waals surface area contributed by atoms with Gasteiger partial charge in [0.05, 0.1) is 5.41 Å². The van der Waals surface area contributed by atoms with Crippen LogP contribution in [-0.2, 0) is 4.79 Å². The van der Waals surface area contributed by atoms with Crippen molar-refractivity contribution in [1.29, 1.82) is 0 Å². The van der Waals surface area contributed by atoms with Crippen molar-refractivity contribution in [2.24, 2.45) is 22.2 Å². The Hall–Kier alpha value is -0.570. The van der Waals surface area contributed by atoms with Crippen LogP contribution in [0.15, 0.2) is 4.99 Å². The van der Waals surface area contributed by atoms with Gasteiger partial charge in [-0.25, -0.2) is 0 Å². The largest absolute Gasteiger partial charge is 0.359 e. The second-order valence-electron chi connectivity index (χ2n) is 9.20. The van der Waals surface area contributed by atoms with E-state index in [1.165, 1.54) is 25.7 Å². The first kappa shape index (κ1) is 25.5. The second kappa shape index (κ2) is 11.6. The maximum Gasteiger partial charge on any atom is 0.227 e. The molecule has 1 saturated heterocycles. The van der Waals surface area contributed by atoms with Crippen LogP contribution < -0.4 is 10.6 Å². The molecule has 1 aliphatic carbocycles. The summed E-state index contributed by atoms with van der Waals surface area (Å²) in [5.41, 5.74) is -0.457. The summed E-state index contributed by atoms with van der Waals surface area (Å²) in [6.07, 6.45) is 5.49. The van der Waals surface area contributed by atoms with Crippen molar-refractivity contribution >= 4 is 35.8 Å². The van der Waals surface area contributed by atoms with E-state index >= 15 is 0 Å². The number of rotatable bonds is 5. The number of hydrogen-bond acceptors (Lipinski definition) is 3. The topological polar surface area (TPSA) is 60.0 Å². The van der Waals surface area contributed by atoms with E-state index in [1.807, 2.05) is 20.9 Å². The van der Waals surface area contributed by atoms with Gasteiger partial charge in [0.15, 0.2) is 5.96 Å². The summed E-state index contributed by atoms with van der Waals surface area (Å²) in [6.45, 7) is 13.5. The first-order valence-electron chi connectivity index (χ1n) is 10.7. The lowest BCUT2D eigenvalue weighted by Gasteiger charge is -2.43. The highest BCUT2D eigenvalue weighted by Crippen LogP contribution is 2.32. The van der Waals surface area contributed by atoms with Gasteiger partial charge >= 0.3 is 0 Å². The normalized spacial score (nSPS) is 24.7. The van der Waals surface area contributed by atoms with Gasteiger partial charge in [-0.15, -0.1) is 24.0 Å². The summed E-state index contributed by atoms with van der Waals surface area (Å²) in [5.74, 6) is 2.72. The smallest absolute Gasteiger partial charge is 0.227 e. The molecule has 6 nitrogen and oxygen atoms in total. The fourth-order valence-electron chi connectivity index (χ4n) is 4.48. The molecule has 1 heterocycles. The number of halogens is 1. The minimum Gasteiger partial charge on any atom is -0.359 e. The van der Waals surface area contributed by atoms with E-state index in [-0.39, 0.29) is 29.9 Å². The van der Waals surface area contributed by atoms with Gasteiger partial charge in [-0.1, -0.05) is 13.8 Å². The molecule has 0 aromatic heterocycles. The molecule has 2 N–H and O–H groups in total. The minimum atomic E-state index is -0.457. The van der Waals surface area contributed by atoms with Crippen LogP contribution in [0.1, 0.15) is 53.4 Å². The Morgan fingerprint density at radius 2 is 1.68 bits per heavy atom. The van der Waals surface area contributed by atoms with Crippen molar-refractivity contribution < 1.29 is 4.79 Å². The molecule has 2 rings (SSSR count). The van der Waals surface area contributed by atoms with Gasteiger partial charge in [-0.3, -0.25) is 14.7 Å². The maximum atomic E-state index is 12.0. The molecule has 0 aromatic rings. The highest BCUT2D eigenvalue weighted by Gasteiger charge is 2.31. The highest BCUT2D eigenvalue weighted by molar-refractivity contribution is 14.0. The van der Waals surface area contributed by atoms with E-state index in [1.54, 1.807) is 7.05 Å². The number of nitrogens with zero attached hydrogens (tertiary/aromatic N) is 3. The molecule has 7 heteroatoms. The van der Waals surface area contributed by atoms with E-state index in [0.29, 0.717) is 6.54 Å². The summed E-state index contributed by atoms with van der Waals surface area (Å²) in [7, 11) is 3.52. The van der Waals surface area contributed by atoms with Crippen LogP contribution in [0.3, 0.4) is 0 Å². The van der Waals surface area contributed by atoms with Gasteiger partial charge in [0.1, 0.15) is 0 Å². The molecule has 0 bridgehead atoms. The molecule has 2 fully saturated rings. The van der Waals surface area contributed by atoms with Crippen LogP contribution in [0.5, 0.6) is 0 Å². The van der Waals surface area contributed by atoms with Crippen molar-refractivity contribution in [2.45, 2.75) is 59.4 Å². The number of nitrogens with one attached hydrogen (secondary N) is 2. The summed E-state index contributed by atoms with van der Waals surface area (Å²) in [5, 5.41) is 6.14. The van der Waals surface area contributed by atoms with Crippen molar-refractivity contribution in [3.05, 3.63) is 0 Å². The quantitative estimate of drug-likeness (QED) is 0.342. The number of carbonyl (C=O) groups is 1. The lowest BCUT2D eigenvalue weighted by atomic mass is 9.79. The van der Waals surface area contributed by atoms with Crippen LogP contribution in [0.2, 0.25) is 0 Å². The molecule has 0 radical (unpaired) electrons. The van der Waals surface area contributed by atoms with Crippen molar-refractivity contribution in [3.63, 3.8) is 0 Å². The van der Waals surface area contributed by atoms with Crippen LogP contribution in [0, 0.1) is 17.3 Å². The summed E-state index contributed by atoms with van der Waals surface area (Å²) in [6, 6.07) is 0.768. The van der Waals surface area contributed by atoms with E-state index < -0.39 is 5.41 Å². The van der Waals surface area contributed by atoms with E-state index in [2.05, 4.69) is 39.3 Å². The Balaban J connectivity index is 0.00000392. The maximum absolute atomic E-state index is 12.0. The predicted molar refractivity (Wildman–Crippen MR) is 128 cm³/mol. The molecule has 1 saturated carbocycles. The number of guanidine groups is 1. The molecule has 0 spiro atoms. The van der Waals surface area contributed by atoms with E-state index in [9.17, 15) is 4.79 Å². The van der Waals surface area contributed by atoms with Crippen molar-refractivity contribution in [2.75, 3.05) is 46.8 Å². The molecular formula is C21H42IN5O. The van der Waals surface area contributed by atoms with Gasteiger partial charge in [0.2, 0.25) is 5.91 Å². The third-order valence-electron chi connectivity index (χ3n) is 6.56. The predicted octanol–water partition coefficient (Wildman–Crippen LogP) is 2.78. The number of carbonyl (C=O) groups excluding carboxylic acids is 1. The van der Waals surface area contributed by atoms with Crippen LogP contribution >= 0.6 is 24.0 Å². The number of hydrogen-bond donors (Lipinski definition) is 2. The zero-order valence-electron chi connectivity index (χ0n) is 18.8. The lowest BCUT2D eigenvalue weighted by molar-refractivity contribution is -0.128. The average Bonchev–Trinajstić information content (AvgIpc) is 2.68. The van der Waals surface area contributed by atoms with Gasteiger partial charge in [-0.2, -0.15) is 0 Å². The summed E-state index contributed by atoms with van der Waals surface area (Å²) in [4.78, 5) is 21.4. The van der Waals surface area contributed by atoms with Gasteiger partial charge in [0, 0.05) is 52.9 Å². The molecule has 0 aromatic carbocycles. The molecule has 1 amide bonds. The SMILES string of the molecule is CN=C(NCC(C)(C)C(=O)NC)N1CCN(C2CCC(C(C)C)CC2)CC1.I. The number of piperazine rings is 1. The fraction of sp³-hybridized carbons (Fsp3) is 0.905. The zero-order valence-corrected chi connectivity index (χ0v) is 21.1. The highest BCUT2D eigenvalue weighted by atomic mass is 127. The molecule has 0 atom stereocenters. The van der Waals surface area contributed by atoms with Gasteiger partial charge in [-0.05, 0) is 51.4 Å². The molecular weight excluding hydrogens is 465 g/mol. The van der Waals surface area contributed by atoms with Gasteiger partial charge in [0.25, 0.3) is 0 Å². The van der Waals surface area contributed by atoms with Crippen LogP contribution in [0.4, 0.5) is 0 Å². The summed E-state index contributed by atoms with van der Waals surface area (Å²) < 4.78 is 0. The summed E-state index contributed by atoms with van der Waals surface area (Å²) >= 11 is 0. The third kappa shape index (κ3) is 6.75. The molecule has 1 aliphatic heterocycles. The van der Waals surface area contributed by atoms with Crippen LogP contribution in [-0.4, -0.2) is 74.5 Å². The first-order valence-corrected chi connectivity index (χ1v) is 10.7. The number of amides is 1. The Morgan fingerprint density at radius 1 is 1.11 bits per heavy atom. The molecule has 0 unspecified atom stereocenters. The fourth-order valence-corrected chi connectivity index (χ4v) is 4.48. The third-order valence-corrected chi connectivity index (χ3v) is 6.56. The Kier molecular flexibility index (Phi) is 10.5. The Morgan fingerprint density at radius 3 is 2.14 bits per heavy atom. The van der Waals surface area contributed by atoms with Crippen molar-refractivity contribution in [1.82, 2.24) is 20.4 Å². The Bertz CT molecular complexity index is 507. The zero-order chi connectivity index (χ0) is 20.0. The van der Waals surface area contributed by atoms with Gasteiger partial charge < -0.3 is 15.5 Å². The molecule has 28 heavy (non-hydrogen) atoms. The second-order valence-corrected chi connectivity index (χ2v) is 9.20. The Labute approximate surface area is 189 Å². The van der Waals surface area contributed by atoms with E-state index in [4.69, 9.17) is 0 Å². The number of aliphatic imine (C=N–C) groups is 1. The first-order chi connectivity index (χ1) is 12.8. The standard InChI is InChI=1S/C21H41N5O.HI/c1-16(2)17-7-9-18(10-8-17)25-11-13-26(14-12-25)20(23-6)24-15-21(3,4)19(27)22-5;/h16-18H,7-15H2,1-6H3,(H,22,27)(H,23,24);1H.